The molecule has 1 saturated heterocycles. The Morgan fingerprint density at radius 2 is 1.93 bits per heavy atom. The van der Waals surface area contributed by atoms with Gasteiger partial charge in [-0.25, -0.2) is 4.79 Å². The van der Waals surface area contributed by atoms with Crippen LogP contribution in [0.1, 0.15) is 50.2 Å². The number of aliphatic hydroxyl groups is 1. The van der Waals surface area contributed by atoms with Crippen molar-refractivity contribution in [3.63, 3.8) is 0 Å². The fourth-order valence-electron chi connectivity index (χ4n) is 4.26. The smallest absolute Gasteiger partial charge is 0.317 e. The van der Waals surface area contributed by atoms with Gasteiger partial charge in [-0.15, -0.1) is 0 Å². The Balaban J connectivity index is 1.52. The summed E-state index contributed by atoms with van der Waals surface area (Å²) in [5.74, 6) is 0.721. The molecule has 2 aliphatic rings. The van der Waals surface area contributed by atoms with Crippen molar-refractivity contribution in [3.05, 3.63) is 23.8 Å². The highest BCUT2D eigenvalue weighted by Gasteiger charge is 2.30. The van der Waals surface area contributed by atoms with E-state index in [2.05, 4.69) is 10.6 Å². The first-order valence-corrected chi connectivity index (χ1v) is 10.7. The third kappa shape index (κ3) is 5.56. The molecule has 8 heteroatoms. The molecule has 1 aliphatic carbocycles. The molecule has 2 fully saturated rings. The summed E-state index contributed by atoms with van der Waals surface area (Å²) < 4.78 is 10.5. The molecule has 2 atom stereocenters. The number of carbonyl (C=O) groups is 2. The third-order valence-corrected chi connectivity index (χ3v) is 6.03. The number of methoxy groups -OCH3 is 2. The van der Waals surface area contributed by atoms with E-state index in [-0.39, 0.29) is 30.4 Å². The van der Waals surface area contributed by atoms with Crippen molar-refractivity contribution in [2.45, 2.75) is 50.7 Å². The quantitative estimate of drug-likeness (QED) is 0.629. The van der Waals surface area contributed by atoms with E-state index in [1.54, 1.807) is 30.2 Å². The second-order valence-electron chi connectivity index (χ2n) is 8.08. The summed E-state index contributed by atoms with van der Waals surface area (Å²) in [5.41, 5.74) is 0.554. The Hall–Kier alpha value is -2.48. The number of urea groups is 1. The summed E-state index contributed by atoms with van der Waals surface area (Å²) in [6.45, 7) is 1.14. The van der Waals surface area contributed by atoms with Gasteiger partial charge in [-0.1, -0.05) is 12.8 Å². The number of amides is 3. The molecule has 3 rings (SSSR count). The van der Waals surface area contributed by atoms with Crippen molar-refractivity contribution in [2.24, 2.45) is 5.92 Å². The molecule has 3 N–H and O–H groups in total. The van der Waals surface area contributed by atoms with Gasteiger partial charge < -0.3 is 30.1 Å². The average molecular weight is 420 g/mol. The number of aliphatic hydroxyl groups excluding tert-OH is 1. The first-order valence-electron chi connectivity index (χ1n) is 10.7. The van der Waals surface area contributed by atoms with Crippen LogP contribution >= 0.6 is 0 Å². The molecule has 0 radical (unpaired) electrons. The number of carbonyl (C=O) groups excluding carboxylic acids is 2. The molecule has 1 heterocycles. The number of rotatable bonds is 7. The highest BCUT2D eigenvalue weighted by atomic mass is 16.5. The summed E-state index contributed by atoms with van der Waals surface area (Å²) in [4.78, 5) is 27.0. The SMILES string of the molecule is COc1ccc(OC)c([C@H](O)CNC(=O)[C@H]2CCCN(C(=O)NC3CCCC3)C2)c1. The Labute approximate surface area is 177 Å². The van der Waals surface area contributed by atoms with Crippen LogP contribution in [0.3, 0.4) is 0 Å². The average Bonchev–Trinajstić information content (AvgIpc) is 3.29. The van der Waals surface area contributed by atoms with E-state index in [9.17, 15) is 14.7 Å². The Bertz CT molecular complexity index is 735. The number of hydrogen-bond acceptors (Lipinski definition) is 5. The van der Waals surface area contributed by atoms with Gasteiger partial charge in [-0.05, 0) is 43.9 Å². The second kappa shape index (κ2) is 10.5. The minimum Gasteiger partial charge on any atom is -0.497 e. The lowest BCUT2D eigenvalue weighted by Crippen LogP contribution is -2.50. The maximum atomic E-state index is 12.7. The van der Waals surface area contributed by atoms with Gasteiger partial charge in [0.25, 0.3) is 0 Å². The van der Waals surface area contributed by atoms with Crippen LogP contribution in [0.15, 0.2) is 18.2 Å². The normalized spacial score (nSPS) is 20.5. The van der Waals surface area contributed by atoms with Gasteiger partial charge in [-0.3, -0.25) is 4.79 Å². The lowest BCUT2D eigenvalue weighted by Gasteiger charge is -2.33. The first kappa shape index (κ1) is 22.2. The monoisotopic (exact) mass is 419 g/mol. The van der Waals surface area contributed by atoms with Crippen LogP contribution in [0, 0.1) is 5.92 Å². The molecule has 8 nitrogen and oxygen atoms in total. The predicted molar refractivity (Wildman–Crippen MR) is 113 cm³/mol. The van der Waals surface area contributed by atoms with Gasteiger partial charge in [-0.2, -0.15) is 0 Å². The topological polar surface area (TPSA) is 100 Å². The van der Waals surface area contributed by atoms with Crippen molar-refractivity contribution in [1.29, 1.82) is 0 Å². The van der Waals surface area contributed by atoms with E-state index in [1.165, 1.54) is 7.11 Å². The van der Waals surface area contributed by atoms with Gasteiger partial charge in [0.05, 0.1) is 26.2 Å². The van der Waals surface area contributed by atoms with Crippen LogP contribution in [0.2, 0.25) is 0 Å². The van der Waals surface area contributed by atoms with Crippen LogP contribution in [0.25, 0.3) is 0 Å². The molecule has 166 valence electrons. The standard InChI is InChI=1S/C22H33N3O5/c1-29-17-9-10-20(30-2)18(12-17)19(26)13-23-21(27)15-6-5-11-25(14-15)22(28)24-16-7-3-4-8-16/h9-10,12,15-16,19,26H,3-8,11,13-14H2,1-2H3,(H,23,27)(H,24,28)/t15-,19+/m0/s1. The zero-order valence-corrected chi connectivity index (χ0v) is 17.9. The maximum Gasteiger partial charge on any atom is 0.317 e. The second-order valence-corrected chi connectivity index (χ2v) is 8.08. The van der Waals surface area contributed by atoms with Gasteiger partial charge in [0.2, 0.25) is 5.91 Å². The number of nitrogens with one attached hydrogen (secondary N) is 2. The molecule has 1 aromatic carbocycles. The molecule has 0 unspecified atom stereocenters. The molecule has 1 aromatic rings. The Morgan fingerprint density at radius 1 is 1.17 bits per heavy atom. The summed E-state index contributed by atoms with van der Waals surface area (Å²) in [6.07, 6.45) is 5.00. The highest BCUT2D eigenvalue weighted by Crippen LogP contribution is 2.29. The number of hydrogen-bond donors (Lipinski definition) is 3. The number of benzene rings is 1. The van der Waals surface area contributed by atoms with Gasteiger partial charge in [0, 0.05) is 31.2 Å². The number of nitrogens with zero attached hydrogens (tertiary/aromatic N) is 1. The summed E-state index contributed by atoms with van der Waals surface area (Å²) in [7, 11) is 3.08. The first-order chi connectivity index (χ1) is 14.5. The molecule has 1 aliphatic heterocycles. The molecular formula is C22H33N3O5. The largest absolute Gasteiger partial charge is 0.497 e. The van der Waals surface area contributed by atoms with Gasteiger partial charge in [0.1, 0.15) is 11.5 Å². The molecule has 0 bridgehead atoms. The van der Waals surface area contributed by atoms with E-state index in [0.717, 1.165) is 38.5 Å². The minimum absolute atomic E-state index is 0.0626. The van der Waals surface area contributed by atoms with E-state index in [4.69, 9.17) is 9.47 Å². The highest BCUT2D eigenvalue weighted by molar-refractivity contribution is 5.81. The molecule has 3 amide bonds. The van der Waals surface area contributed by atoms with Gasteiger partial charge in [0.15, 0.2) is 0 Å². The lowest BCUT2D eigenvalue weighted by atomic mass is 9.97. The Morgan fingerprint density at radius 3 is 2.63 bits per heavy atom. The number of piperidine rings is 1. The Kier molecular flexibility index (Phi) is 7.79. The third-order valence-electron chi connectivity index (χ3n) is 6.03. The van der Waals surface area contributed by atoms with Crippen molar-refractivity contribution in [3.8, 4) is 11.5 Å². The van der Waals surface area contributed by atoms with Crippen molar-refractivity contribution in [1.82, 2.24) is 15.5 Å². The minimum atomic E-state index is -0.927. The zero-order valence-electron chi connectivity index (χ0n) is 17.9. The van der Waals surface area contributed by atoms with E-state index >= 15 is 0 Å². The molecule has 1 saturated carbocycles. The van der Waals surface area contributed by atoms with Crippen LogP contribution in [-0.4, -0.2) is 61.8 Å². The van der Waals surface area contributed by atoms with E-state index in [0.29, 0.717) is 30.2 Å². The maximum absolute atomic E-state index is 12.7. The van der Waals surface area contributed by atoms with Crippen LogP contribution in [0.4, 0.5) is 4.79 Å². The summed E-state index contributed by atoms with van der Waals surface area (Å²) >= 11 is 0. The van der Waals surface area contributed by atoms with Crippen LogP contribution in [-0.2, 0) is 4.79 Å². The van der Waals surface area contributed by atoms with E-state index in [1.807, 2.05) is 0 Å². The zero-order chi connectivity index (χ0) is 21.5. The van der Waals surface area contributed by atoms with Gasteiger partial charge >= 0.3 is 6.03 Å². The lowest BCUT2D eigenvalue weighted by molar-refractivity contribution is -0.126. The molecular weight excluding hydrogens is 386 g/mol. The van der Waals surface area contributed by atoms with Crippen LogP contribution in [0.5, 0.6) is 11.5 Å². The summed E-state index contributed by atoms with van der Waals surface area (Å²) in [6, 6.07) is 5.37. The van der Waals surface area contributed by atoms with Crippen molar-refractivity contribution < 1.29 is 24.2 Å². The predicted octanol–water partition coefficient (Wildman–Crippen LogP) is 2.22. The fraction of sp³-hybridized carbons (Fsp3) is 0.636. The van der Waals surface area contributed by atoms with Crippen molar-refractivity contribution in [2.75, 3.05) is 33.9 Å². The van der Waals surface area contributed by atoms with Crippen LogP contribution < -0.4 is 20.1 Å². The van der Waals surface area contributed by atoms with E-state index < -0.39 is 6.10 Å². The number of likely N-dealkylation sites (tertiary alicyclic amines) is 1. The fourth-order valence-corrected chi connectivity index (χ4v) is 4.26. The molecule has 0 spiro atoms. The number of ether oxygens (including phenoxy) is 2. The summed E-state index contributed by atoms with van der Waals surface area (Å²) in [5, 5.41) is 16.5. The molecule has 30 heavy (non-hydrogen) atoms. The van der Waals surface area contributed by atoms with Crippen molar-refractivity contribution >= 4 is 11.9 Å². The molecule has 0 aromatic heterocycles.